The summed E-state index contributed by atoms with van der Waals surface area (Å²) in [5, 5.41) is 0. The second kappa shape index (κ2) is 5.40. The van der Waals surface area contributed by atoms with E-state index in [1.807, 2.05) is 19.1 Å². The summed E-state index contributed by atoms with van der Waals surface area (Å²) in [5.41, 5.74) is 7.92. The number of aryl methyl sites for hydroxylation is 1. The number of rotatable bonds is 4. The zero-order chi connectivity index (χ0) is 13.1. The maximum absolute atomic E-state index is 12.3. The van der Waals surface area contributed by atoms with E-state index >= 15 is 0 Å². The minimum Gasteiger partial charge on any atom is -0.366 e. The first-order chi connectivity index (χ1) is 7.83. The van der Waals surface area contributed by atoms with Gasteiger partial charge in [0.25, 0.3) is 0 Å². The van der Waals surface area contributed by atoms with Crippen molar-refractivity contribution in [1.82, 2.24) is 0 Å². The highest BCUT2D eigenvalue weighted by Gasteiger charge is 2.29. The molecule has 0 saturated heterocycles. The number of anilines is 1. The van der Waals surface area contributed by atoms with Crippen molar-refractivity contribution < 1.29 is 13.2 Å². The third-order valence-corrected chi connectivity index (χ3v) is 2.52. The summed E-state index contributed by atoms with van der Waals surface area (Å²) in [6.07, 6.45) is -3.44. The molecule has 2 N–H and O–H groups in total. The van der Waals surface area contributed by atoms with Gasteiger partial charge in [-0.25, -0.2) is 0 Å². The molecule has 1 rings (SSSR count). The van der Waals surface area contributed by atoms with Gasteiger partial charge in [-0.05, 0) is 37.1 Å². The van der Waals surface area contributed by atoms with Crippen LogP contribution in [0, 0.1) is 6.92 Å². The van der Waals surface area contributed by atoms with E-state index in [0.29, 0.717) is 12.2 Å². The van der Waals surface area contributed by atoms with Crippen LogP contribution >= 0.6 is 0 Å². The van der Waals surface area contributed by atoms with Crippen molar-refractivity contribution in [3.63, 3.8) is 0 Å². The first-order valence-electron chi connectivity index (χ1n) is 5.41. The molecule has 2 nitrogen and oxygen atoms in total. The smallest absolute Gasteiger partial charge is 0.366 e. The van der Waals surface area contributed by atoms with Crippen LogP contribution < -0.4 is 10.6 Å². The molecule has 0 aliphatic carbocycles. The van der Waals surface area contributed by atoms with E-state index in [2.05, 4.69) is 0 Å². The van der Waals surface area contributed by atoms with Gasteiger partial charge in [-0.2, -0.15) is 13.2 Å². The van der Waals surface area contributed by atoms with Crippen LogP contribution in [-0.2, 0) is 6.42 Å². The van der Waals surface area contributed by atoms with E-state index in [0.717, 1.165) is 17.5 Å². The van der Waals surface area contributed by atoms with Crippen LogP contribution in [0.1, 0.15) is 11.1 Å². The number of nitrogens with zero attached hydrogens (tertiary/aromatic N) is 1. The van der Waals surface area contributed by atoms with Crippen molar-refractivity contribution in [3.8, 4) is 0 Å². The molecule has 0 bridgehead atoms. The first kappa shape index (κ1) is 13.8. The van der Waals surface area contributed by atoms with E-state index < -0.39 is 12.7 Å². The van der Waals surface area contributed by atoms with Crippen LogP contribution in [0.15, 0.2) is 18.2 Å². The zero-order valence-electron chi connectivity index (χ0n) is 10.0. The molecule has 0 radical (unpaired) electrons. The molecular weight excluding hydrogens is 229 g/mol. The highest BCUT2D eigenvalue weighted by Crippen LogP contribution is 2.24. The molecule has 0 aromatic heterocycles. The number of alkyl halides is 3. The van der Waals surface area contributed by atoms with Crippen LogP contribution in [0.2, 0.25) is 0 Å². The van der Waals surface area contributed by atoms with Gasteiger partial charge in [0.1, 0.15) is 6.54 Å². The van der Waals surface area contributed by atoms with Gasteiger partial charge in [0, 0.05) is 12.7 Å². The summed E-state index contributed by atoms with van der Waals surface area (Å²) in [6, 6.07) is 5.42. The van der Waals surface area contributed by atoms with E-state index in [9.17, 15) is 13.2 Å². The molecule has 17 heavy (non-hydrogen) atoms. The fourth-order valence-corrected chi connectivity index (χ4v) is 1.82. The average molecular weight is 246 g/mol. The molecule has 0 fully saturated rings. The van der Waals surface area contributed by atoms with Crippen LogP contribution in [0.5, 0.6) is 0 Å². The minimum absolute atomic E-state index is 0.539. The summed E-state index contributed by atoms with van der Waals surface area (Å²) >= 11 is 0. The van der Waals surface area contributed by atoms with Gasteiger partial charge in [0.15, 0.2) is 0 Å². The Bertz CT molecular complexity index is 375. The number of hydrogen-bond donors (Lipinski definition) is 1. The topological polar surface area (TPSA) is 29.3 Å². The molecule has 0 amide bonds. The van der Waals surface area contributed by atoms with E-state index in [1.165, 1.54) is 11.9 Å². The van der Waals surface area contributed by atoms with Gasteiger partial charge in [-0.3, -0.25) is 0 Å². The predicted octanol–water partition coefficient (Wildman–Crippen LogP) is 2.49. The van der Waals surface area contributed by atoms with Crippen molar-refractivity contribution in [1.29, 1.82) is 0 Å². The molecule has 5 heteroatoms. The normalized spacial score (nSPS) is 11.6. The summed E-state index contributed by atoms with van der Waals surface area (Å²) < 4.78 is 36.8. The molecule has 96 valence electrons. The van der Waals surface area contributed by atoms with Gasteiger partial charge in [0.2, 0.25) is 0 Å². The second-order valence-electron chi connectivity index (χ2n) is 4.13. The largest absolute Gasteiger partial charge is 0.405 e. The molecular formula is C12H17F3N2. The van der Waals surface area contributed by atoms with E-state index in [1.54, 1.807) is 6.07 Å². The Hall–Kier alpha value is -1.23. The first-order valence-corrected chi connectivity index (χ1v) is 5.41. The van der Waals surface area contributed by atoms with Gasteiger partial charge in [0.05, 0.1) is 0 Å². The summed E-state index contributed by atoms with van der Waals surface area (Å²) in [4.78, 5) is 1.21. The zero-order valence-corrected chi connectivity index (χ0v) is 10.0. The highest BCUT2D eigenvalue weighted by molar-refractivity contribution is 5.54. The lowest BCUT2D eigenvalue weighted by atomic mass is 10.1. The predicted molar refractivity (Wildman–Crippen MR) is 63.3 cm³/mol. The third-order valence-electron chi connectivity index (χ3n) is 2.52. The van der Waals surface area contributed by atoms with Crippen molar-refractivity contribution in [2.24, 2.45) is 5.73 Å². The molecule has 0 aliphatic rings. The molecule has 0 unspecified atom stereocenters. The Labute approximate surface area is 99.2 Å². The Morgan fingerprint density at radius 1 is 1.29 bits per heavy atom. The van der Waals surface area contributed by atoms with Crippen molar-refractivity contribution in [2.75, 3.05) is 25.0 Å². The lowest BCUT2D eigenvalue weighted by Crippen LogP contribution is -2.31. The summed E-state index contributed by atoms with van der Waals surface area (Å²) in [5.74, 6) is 0. The fourth-order valence-electron chi connectivity index (χ4n) is 1.82. The van der Waals surface area contributed by atoms with Gasteiger partial charge in [-0.15, -0.1) is 0 Å². The Morgan fingerprint density at radius 2 is 1.94 bits per heavy atom. The number of hydrogen-bond acceptors (Lipinski definition) is 2. The van der Waals surface area contributed by atoms with E-state index in [4.69, 9.17) is 5.73 Å². The average Bonchev–Trinajstić information content (AvgIpc) is 2.15. The summed E-state index contributed by atoms with van der Waals surface area (Å²) in [7, 11) is 1.44. The standard InChI is InChI=1S/C12H17F3N2/c1-9-7-10(5-6-16)3-4-11(9)17(2)8-12(13,14)15/h3-4,7H,5-6,8,16H2,1-2H3. The van der Waals surface area contributed by atoms with Crippen molar-refractivity contribution in [3.05, 3.63) is 29.3 Å². The molecule has 1 aromatic carbocycles. The quantitative estimate of drug-likeness (QED) is 0.884. The third kappa shape index (κ3) is 4.26. The molecule has 0 atom stereocenters. The molecule has 1 aromatic rings. The second-order valence-corrected chi connectivity index (χ2v) is 4.13. The van der Waals surface area contributed by atoms with Gasteiger partial charge >= 0.3 is 6.18 Å². The molecule has 0 saturated carbocycles. The maximum Gasteiger partial charge on any atom is 0.405 e. The number of benzene rings is 1. The minimum atomic E-state index is -4.18. The monoisotopic (exact) mass is 246 g/mol. The van der Waals surface area contributed by atoms with Crippen molar-refractivity contribution in [2.45, 2.75) is 19.5 Å². The van der Waals surface area contributed by atoms with E-state index in [-0.39, 0.29) is 0 Å². The Morgan fingerprint density at radius 3 is 2.41 bits per heavy atom. The SMILES string of the molecule is Cc1cc(CCN)ccc1N(C)CC(F)(F)F. The number of nitrogens with two attached hydrogens (primary N) is 1. The maximum atomic E-state index is 12.3. The van der Waals surface area contributed by atoms with Gasteiger partial charge in [-0.1, -0.05) is 12.1 Å². The van der Waals surface area contributed by atoms with Crippen molar-refractivity contribution >= 4 is 5.69 Å². The van der Waals surface area contributed by atoms with Crippen LogP contribution in [0.25, 0.3) is 0 Å². The van der Waals surface area contributed by atoms with Crippen LogP contribution in [0.4, 0.5) is 18.9 Å². The lowest BCUT2D eigenvalue weighted by Gasteiger charge is -2.23. The van der Waals surface area contributed by atoms with Gasteiger partial charge < -0.3 is 10.6 Å². The lowest BCUT2D eigenvalue weighted by molar-refractivity contribution is -0.119. The molecule has 0 aliphatic heterocycles. The van der Waals surface area contributed by atoms with Crippen LogP contribution in [0.3, 0.4) is 0 Å². The molecule has 0 spiro atoms. The Balaban J connectivity index is 2.84. The fraction of sp³-hybridized carbons (Fsp3) is 0.500. The number of halogens is 3. The molecule has 0 heterocycles. The summed E-state index contributed by atoms with van der Waals surface area (Å²) in [6.45, 7) is 1.41. The van der Waals surface area contributed by atoms with Crippen LogP contribution in [-0.4, -0.2) is 26.3 Å². The highest BCUT2D eigenvalue weighted by atomic mass is 19.4. The Kier molecular flexibility index (Phi) is 4.40.